The molecule has 0 radical (unpaired) electrons. The van der Waals surface area contributed by atoms with Crippen molar-refractivity contribution in [3.8, 4) is 0 Å². The monoisotopic (exact) mass is 315 g/mol. The van der Waals surface area contributed by atoms with E-state index in [1.807, 2.05) is 6.07 Å². The molecule has 3 rings (SSSR count). The number of amides is 1. The average molecular weight is 315 g/mol. The van der Waals surface area contributed by atoms with E-state index < -0.39 is 0 Å². The van der Waals surface area contributed by atoms with Crippen LogP contribution in [-0.4, -0.2) is 26.2 Å². The second kappa shape index (κ2) is 7.04. The van der Waals surface area contributed by atoms with E-state index in [1.54, 1.807) is 7.11 Å². The van der Waals surface area contributed by atoms with E-state index >= 15 is 0 Å². The lowest BCUT2D eigenvalue weighted by Gasteiger charge is -2.43. The zero-order valence-electron chi connectivity index (χ0n) is 14.3. The fourth-order valence-corrected chi connectivity index (χ4v) is 4.35. The van der Waals surface area contributed by atoms with Crippen LogP contribution in [0.4, 0.5) is 0 Å². The lowest BCUT2D eigenvalue weighted by Crippen LogP contribution is -2.51. The van der Waals surface area contributed by atoms with Gasteiger partial charge in [-0.3, -0.25) is 4.79 Å². The summed E-state index contributed by atoms with van der Waals surface area (Å²) in [6, 6.07) is 10.4. The van der Waals surface area contributed by atoms with E-state index in [9.17, 15) is 4.79 Å². The predicted molar refractivity (Wildman–Crippen MR) is 92.4 cm³/mol. The van der Waals surface area contributed by atoms with Crippen LogP contribution in [0.3, 0.4) is 0 Å². The number of benzene rings is 1. The summed E-state index contributed by atoms with van der Waals surface area (Å²) in [6.45, 7) is 1.51. The van der Waals surface area contributed by atoms with Crippen LogP contribution in [0, 0.1) is 5.41 Å². The van der Waals surface area contributed by atoms with Crippen LogP contribution in [0.2, 0.25) is 0 Å². The van der Waals surface area contributed by atoms with Gasteiger partial charge in [0.1, 0.15) is 0 Å². The van der Waals surface area contributed by atoms with Crippen molar-refractivity contribution in [3.05, 3.63) is 35.9 Å². The first kappa shape index (κ1) is 16.5. The molecule has 1 aromatic carbocycles. The van der Waals surface area contributed by atoms with Crippen molar-refractivity contribution >= 4 is 5.91 Å². The van der Waals surface area contributed by atoms with E-state index in [-0.39, 0.29) is 16.7 Å². The molecule has 2 aliphatic rings. The quantitative estimate of drug-likeness (QED) is 0.866. The van der Waals surface area contributed by atoms with Crippen molar-refractivity contribution in [3.63, 3.8) is 0 Å². The third-order valence-corrected chi connectivity index (χ3v) is 5.96. The molecule has 0 spiro atoms. The molecule has 0 aliphatic heterocycles. The number of rotatable bonds is 6. The predicted octanol–water partition coefficient (Wildman–Crippen LogP) is 3.82. The van der Waals surface area contributed by atoms with E-state index in [0.29, 0.717) is 0 Å². The Labute approximate surface area is 139 Å². The summed E-state index contributed by atoms with van der Waals surface area (Å²) in [6.07, 6.45) is 9.06. The molecule has 1 N–H and O–H groups in total. The Morgan fingerprint density at radius 1 is 1.04 bits per heavy atom. The van der Waals surface area contributed by atoms with Crippen molar-refractivity contribution < 1.29 is 9.53 Å². The summed E-state index contributed by atoms with van der Waals surface area (Å²) in [4.78, 5) is 13.2. The van der Waals surface area contributed by atoms with Gasteiger partial charge in [-0.15, -0.1) is 0 Å². The van der Waals surface area contributed by atoms with Gasteiger partial charge in [-0.1, -0.05) is 56.0 Å². The van der Waals surface area contributed by atoms with E-state index in [2.05, 4.69) is 29.6 Å². The fraction of sp³-hybridized carbons (Fsp3) is 0.650. The van der Waals surface area contributed by atoms with Crippen molar-refractivity contribution in [2.75, 3.05) is 20.3 Å². The molecule has 23 heavy (non-hydrogen) atoms. The standard InChI is InChI=1S/C20H29NO2/c1-23-16-19(11-8-12-19)15-21-18(22)20(13-6-3-7-14-20)17-9-4-2-5-10-17/h2,4-5,9-10H,3,6-8,11-16H2,1H3,(H,21,22). The summed E-state index contributed by atoms with van der Waals surface area (Å²) in [5, 5.41) is 3.30. The molecule has 2 saturated carbocycles. The minimum Gasteiger partial charge on any atom is -0.384 e. The molecule has 0 bridgehead atoms. The molecule has 0 unspecified atom stereocenters. The second-order valence-electron chi connectivity index (χ2n) is 7.48. The van der Waals surface area contributed by atoms with Gasteiger partial charge in [-0.25, -0.2) is 0 Å². The molecule has 2 fully saturated rings. The van der Waals surface area contributed by atoms with Crippen molar-refractivity contribution in [2.24, 2.45) is 5.41 Å². The zero-order valence-corrected chi connectivity index (χ0v) is 14.3. The normalized spacial score (nSPS) is 22.1. The summed E-state index contributed by atoms with van der Waals surface area (Å²) in [5.41, 5.74) is 1.04. The number of ether oxygens (including phenoxy) is 1. The van der Waals surface area contributed by atoms with Crippen molar-refractivity contribution in [2.45, 2.75) is 56.8 Å². The van der Waals surface area contributed by atoms with Gasteiger partial charge in [-0.05, 0) is 31.2 Å². The summed E-state index contributed by atoms with van der Waals surface area (Å²) in [5.74, 6) is 0.228. The molecule has 3 heteroatoms. The topological polar surface area (TPSA) is 38.3 Å². The first-order valence-corrected chi connectivity index (χ1v) is 9.04. The highest BCUT2D eigenvalue weighted by Crippen LogP contribution is 2.42. The first-order valence-electron chi connectivity index (χ1n) is 9.04. The second-order valence-corrected chi connectivity index (χ2v) is 7.48. The molecule has 1 amide bonds. The number of methoxy groups -OCH3 is 1. The van der Waals surface area contributed by atoms with E-state index in [4.69, 9.17) is 4.74 Å². The first-order chi connectivity index (χ1) is 11.2. The molecule has 126 valence electrons. The summed E-state index contributed by atoms with van der Waals surface area (Å²) in [7, 11) is 1.76. The average Bonchev–Trinajstić information content (AvgIpc) is 2.58. The maximum Gasteiger partial charge on any atom is 0.230 e. The minimum absolute atomic E-state index is 0.178. The molecule has 0 aromatic heterocycles. The SMILES string of the molecule is COCC1(CNC(=O)C2(c3ccccc3)CCCCC2)CCC1. The van der Waals surface area contributed by atoms with Crippen LogP contribution >= 0.6 is 0 Å². The van der Waals surface area contributed by atoms with Crippen LogP contribution in [0.25, 0.3) is 0 Å². The third kappa shape index (κ3) is 3.30. The minimum atomic E-state index is -0.322. The Kier molecular flexibility index (Phi) is 5.05. The molecule has 0 heterocycles. The van der Waals surface area contributed by atoms with Gasteiger partial charge >= 0.3 is 0 Å². The fourth-order valence-electron chi connectivity index (χ4n) is 4.35. The van der Waals surface area contributed by atoms with Crippen molar-refractivity contribution in [1.29, 1.82) is 0 Å². The highest BCUT2D eigenvalue weighted by Gasteiger charge is 2.43. The number of hydrogen-bond donors (Lipinski definition) is 1. The van der Waals surface area contributed by atoms with Gasteiger partial charge in [0.25, 0.3) is 0 Å². The Morgan fingerprint density at radius 3 is 2.30 bits per heavy atom. The third-order valence-electron chi connectivity index (χ3n) is 5.96. The van der Waals surface area contributed by atoms with Crippen LogP contribution in [0.15, 0.2) is 30.3 Å². The largest absolute Gasteiger partial charge is 0.384 e. The molecule has 0 atom stereocenters. The maximum absolute atomic E-state index is 13.2. The molecule has 0 saturated heterocycles. The molecule has 3 nitrogen and oxygen atoms in total. The van der Waals surface area contributed by atoms with Crippen LogP contribution < -0.4 is 5.32 Å². The Hall–Kier alpha value is -1.35. The van der Waals surface area contributed by atoms with E-state index in [1.165, 1.54) is 31.2 Å². The summed E-state index contributed by atoms with van der Waals surface area (Å²) < 4.78 is 5.39. The number of hydrogen-bond acceptors (Lipinski definition) is 2. The van der Waals surface area contributed by atoms with Gasteiger partial charge in [0, 0.05) is 19.1 Å². The molecular weight excluding hydrogens is 286 g/mol. The van der Waals surface area contributed by atoms with Gasteiger partial charge in [0.15, 0.2) is 0 Å². The Morgan fingerprint density at radius 2 is 1.74 bits per heavy atom. The molecule has 1 aromatic rings. The Bertz CT molecular complexity index is 516. The van der Waals surface area contributed by atoms with E-state index in [0.717, 1.165) is 38.8 Å². The van der Waals surface area contributed by atoms with Crippen LogP contribution in [-0.2, 0) is 14.9 Å². The van der Waals surface area contributed by atoms with Crippen LogP contribution in [0.5, 0.6) is 0 Å². The molecule has 2 aliphatic carbocycles. The van der Waals surface area contributed by atoms with Gasteiger partial charge in [0.05, 0.1) is 12.0 Å². The van der Waals surface area contributed by atoms with Crippen molar-refractivity contribution in [1.82, 2.24) is 5.32 Å². The van der Waals surface area contributed by atoms with Crippen LogP contribution in [0.1, 0.15) is 56.9 Å². The van der Waals surface area contributed by atoms with Gasteiger partial charge < -0.3 is 10.1 Å². The summed E-state index contributed by atoms with van der Waals surface area (Å²) >= 11 is 0. The number of nitrogens with one attached hydrogen (secondary N) is 1. The van der Waals surface area contributed by atoms with Gasteiger partial charge in [0.2, 0.25) is 5.91 Å². The Balaban J connectivity index is 1.73. The smallest absolute Gasteiger partial charge is 0.230 e. The number of carbonyl (C=O) groups is 1. The lowest BCUT2D eigenvalue weighted by atomic mass is 9.67. The number of carbonyl (C=O) groups excluding carboxylic acids is 1. The molecular formula is C20H29NO2. The lowest BCUT2D eigenvalue weighted by molar-refractivity contribution is -0.129. The highest BCUT2D eigenvalue weighted by atomic mass is 16.5. The maximum atomic E-state index is 13.2. The van der Waals surface area contributed by atoms with Gasteiger partial charge in [-0.2, -0.15) is 0 Å². The highest BCUT2D eigenvalue weighted by molar-refractivity contribution is 5.88. The zero-order chi connectivity index (χ0) is 16.2.